The summed E-state index contributed by atoms with van der Waals surface area (Å²) in [6, 6.07) is 11.9. The minimum atomic E-state index is -0.247. The van der Waals surface area contributed by atoms with Crippen LogP contribution in [0.2, 0.25) is 0 Å². The van der Waals surface area contributed by atoms with Crippen molar-refractivity contribution in [2.75, 3.05) is 11.9 Å². The number of likely N-dealkylation sites (tertiary alicyclic amines) is 1. The van der Waals surface area contributed by atoms with Crippen LogP contribution in [0.15, 0.2) is 48.7 Å². The third kappa shape index (κ3) is 3.17. The number of fused-ring (bicyclic) bond motifs is 1. The van der Waals surface area contributed by atoms with E-state index in [0.717, 1.165) is 18.4 Å². The fraction of sp³-hybridized carbons (Fsp3) is 0.278. The van der Waals surface area contributed by atoms with Crippen molar-refractivity contribution in [3.63, 3.8) is 0 Å². The molecule has 128 valence electrons. The molecular formula is C18H18FN5O. The van der Waals surface area contributed by atoms with Crippen molar-refractivity contribution >= 4 is 17.6 Å². The SMILES string of the molecule is O=C(Nc1nnc2ccccn12)N1CCCC1Cc1ccc(F)cc1. The molecule has 0 saturated carbocycles. The summed E-state index contributed by atoms with van der Waals surface area (Å²) in [7, 11) is 0. The van der Waals surface area contributed by atoms with E-state index in [9.17, 15) is 9.18 Å². The molecule has 0 spiro atoms. The van der Waals surface area contributed by atoms with Crippen LogP contribution >= 0.6 is 0 Å². The average Bonchev–Trinajstić information content (AvgIpc) is 3.24. The minimum Gasteiger partial charge on any atom is -0.321 e. The molecule has 2 amide bonds. The van der Waals surface area contributed by atoms with E-state index in [-0.39, 0.29) is 17.9 Å². The minimum absolute atomic E-state index is 0.102. The number of hydrogen-bond acceptors (Lipinski definition) is 3. The summed E-state index contributed by atoms with van der Waals surface area (Å²) in [6.07, 6.45) is 4.42. The topological polar surface area (TPSA) is 62.5 Å². The van der Waals surface area contributed by atoms with Crippen molar-refractivity contribution in [3.05, 3.63) is 60.0 Å². The van der Waals surface area contributed by atoms with E-state index in [4.69, 9.17) is 0 Å². The van der Waals surface area contributed by atoms with Gasteiger partial charge in [0.05, 0.1) is 0 Å². The van der Waals surface area contributed by atoms with E-state index < -0.39 is 0 Å². The number of anilines is 1. The van der Waals surface area contributed by atoms with Crippen molar-refractivity contribution in [2.24, 2.45) is 0 Å². The first-order valence-electron chi connectivity index (χ1n) is 8.32. The van der Waals surface area contributed by atoms with Gasteiger partial charge in [-0.25, -0.2) is 9.18 Å². The van der Waals surface area contributed by atoms with E-state index in [1.807, 2.05) is 29.3 Å². The smallest absolute Gasteiger partial charge is 0.321 e. The maximum absolute atomic E-state index is 13.1. The van der Waals surface area contributed by atoms with Gasteiger partial charge in [0.1, 0.15) is 5.82 Å². The lowest BCUT2D eigenvalue weighted by Gasteiger charge is -2.24. The third-order valence-electron chi connectivity index (χ3n) is 4.56. The maximum atomic E-state index is 13.1. The van der Waals surface area contributed by atoms with Gasteiger partial charge < -0.3 is 4.90 Å². The molecule has 4 rings (SSSR count). The lowest BCUT2D eigenvalue weighted by molar-refractivity contribution is 0.206. The van der Waals surface area contributed by atoms with Gasteiger partial charge in [0.15, 0.2) is 5.65 Å². The molecule has 7 heteroatoms. The van der Waals surface area contributed by atoms with Gasteiger partial charge in [-0.05, 0) is 49.1 Å². The van der Waals surface area contributed by atoms with Crippen molar-refractivity contribution in [1.29, 1.82) is 0 Å². The zero-order valence-electron chi connectivity index (χ0n) is 13.6. The van der Waals surface area contributed by atoms with Crippen LogP contribution in [0.5, 0.6) is 0 Å². The van der Waals surface area contributed by atoms with Crippen LogP contribution in [0.3, 0.4) is 0 Å². The molecule has 2 aromatic heterocycles. The average molecular weight is 339 g/mol. The van der Waals surface area contributed by atoms with E-state index in [0.29, 0.717) is 24.6 Å². The van der Waals surface area contributed by atoms with Crippen LogP contribution in [0, 0.1) is 5.82 Å². The summed E-state index contributed by atoms with van der Waals surface area (Å²) in [4.78, 5) is 14.5. The van der Waals surface area contributed by atoms with Crippen LogP contribution < -0.4 is 5.32 Å². The number of amides is 2. The van der Waals surface area contributed by atoms with Crippen LogP contribution in [0.25, 0.3) is 5.65 Å². The molecule has 0 aliphatic carbocycles. The first-order valence-corrected chi connectivity index (χ1v) is 8.32. The number of carbonyl (C=O) groups is 1. The van der Waals surface area contributed by atoms with E-state index in [1.54, 1.807) is 16.5 Å². The summed E-state index contributed by atoms with van der Waals surface area (Å²) in [5.74, 6) is 0.163. The number of hydrogen-bond donors (Lipinski definition) is 1. The summed E-state index contributed by atoms with van der Waals surface area (Å²) in [5, 5.41) is 10.9. The number of rotatable bonds is 3. The van der Waals surface area contributed by atoms with Gasteiger partial charge in [0.2, 0.25) is 5.95 Å². The van der Waals surface area contributed by atoms with Gasteiger partial charge in [-0.1, -0.05) is 18.2 Å². The lowest BCUT2D eigenvalue weighted by Crippen LogP contribution is -2.40. The Balaban J connectivity index is 1.48. The quantitative estimate of drug-likeness (QED) is 0.797. The zero-order chi connectivity index (χ0) is 17.2. The molecule has 3 heterocycles. The molecular weight excluding hydrogens is 321 g/mol. The van der Waals surface area contributed by atoms with Crippen LogP contribution in [0.4, 0.5) is 15.1 Å². The van der Waals surface area contributed by atoms with Gasteiger partial charge in [-0.2, -0.15) is 0 Å². The van der Waals surface area contributed by atoms with E-state index >= 15 is 0 Å². The molecule has 1 aliphatic rings. The zero-order valence-corrected chi connectivity index (χ0v) is 13.6. The molecule has 0 bridgehead atoms. The number of urea groups is 1. The molecule has 1 aliphatic heterocycles. The number of aromatic nitrogens is 3. The highest BCUT2D eigenvalue weighted by Crippen LogP contribution is 2.22. The predicted octanol–water partition coefficient (Wildman–Crippen LogP) is 3.11. The molecule has 1 saturated heterocycles. The third-order valence-corrected chi connectivity index (χ3v) is 4.56. The Labute approximate surface area is 144 Å². The Morgan fingerprint density at radius 2 is 2.04 bits per heavy atom. The number of carbonyl (C=O) groups excluding carboxylic acids is 1. The second kappa shape index (κ2) is 6.51. The van der Waals surface area contributed by atoms with Gasteiger partial charge in [-0.3, -0.25) is 9.72 Å². The summed E-state index contributed by atoms with van der Waals surface area (Å²) in [5.41, 5.74) is 1.71. The van der Waals surface area contributed by atoms with Crippen molar-refractivity contribution in [1.82, 2.24) is 19.5 Å². The second-order valence-electron chi connectivity index (χ2n) is 6.20. The molecule has 3 aromatic rings. The first kappa shape index (κ1) is 15.6. The van der Waals surface area contributed by atoms with E-state index in [1.165, 1.54) is 12.1 Å². The summed E-state index contributed by atoms with van der Waals surface area (Å²) < 4.78 is 14.8. The van der Waals surface area contributed by atoms with Gasteiger partial charge >= 0.3 is 6.03 Å². The Morgan fingerprint density at radius 1 is 1.20 bits per heavy atom. The second-order valence-corrected chi connectivity index (χ2v) is 6.20. The molecule has 1 fully saturated rings. The number of benzene rings is 1. The molecule has 6 nitrogen and oxygen atoms in total. The van der Waals surface area contributed by atoms with Gasteiger partial charge in [0, 0.05) is 18.8 Å². The summed E-state index contributed by atoms with van der Waals surface area (Å²) >= 11 is 0. The Kier molecular flexibility index (Phi) is 4.05. The fourth-order valence-corrected chi connectivity index (χ4v) is 3.30. The van der Waals surface area contributed by atoms with Crippen LogP contribution in [-0.2, 0) is 6.42 Å². The maximum Gasteiger partial charge on any atom is 0.324 e. The monoisotopic (exact) mass is 339 g/mol. The molecule has 1 N–H and O–H groups in total. The molecule has 0 radical (unpaired) electrons. The highest BCUT2D eigenvalue weighted by atomic mass is 19.1. The van der Waals surface area contributed by atoms with Crippen LogP contribution in [0.1, 0.15) is 18.4 Å². The fourth-order valence-electron chi connectivity index (χ4n) is 3.30. The number of halogens is 1. The number of nitrogens with one attached hydrogen (secondary N) is 1. The Bertz CT molecular complexity index is 892. The lowest BCUT2D eigenvalue weighted by atomic mass is 10.0. The van der Waals surface area contributed by atoms with Gasteiger partial charge in [-0.15, -0.1) is 10.2 Å². The normalized spacial score (nSPS) is 17.2. The van der Waals surface area contributed by atoms with Crippen molar-refractivity contribution < 1.29 is 9.18 Å². The largest absolute Gasteiger partial charge is 0.324 e. The highest BCUT2D eigenvalue weighted by Gasteiger charge is 2.29. The Hall–Kier alpha value is -2.96. The number of pyridine rings is 1. The Morgan fingerprint density at radius 3 is 2.88 bits per heavy atom. The molecule has 1 aromatic carbocycles. The van der Waals surface area contributed by atoms with Gasteiger partial charge in [0.25, 0.3) is 0 Å². The molecule has 1 atom stereocenters. The number of nitrogens with zero attached hydrogens (tertiary/aromatic N) is 4. The van der Waals surface area contributed by atoms with Crippen LogP contribution in [-0.4, -0.2) is 38.1 Å². The molecule has 25 heavy (non-hydrogen) atoms. The van der Waals surface area contributed by atoms with Crippen molar-refractivity contribution in [3.8, 4) is 0 Å². The highest BCUT2D eigenvalue weighted by molar-refractivity contribution is 5.88. The van der Waals surface area contributed by atoms with E-state index in [2.05, 4.69) is 15.5 Å². The summed E-state index contributed by atoms with van der Waals surface area (Å²) in [6.45, 7) is 0.703. The standard InChI is InChI=1S/C18H18FN5O/c19-14-8-6-13(7-9-14)12-15-4-3-11-23(15)18(25)20-17-22-21-16-5-1-2-10-24(16)17/h1-2,5-10,15H,3-4,11-12H2,(H,20,22,25). The molecule has 1 unspecified atom stereocenters. The van der Waals surface area contributed by atoms with Crippen molar-refractivity contribution in [2.45, 2.75) is 25.3 Å². The predicted molar refractivity (Wildman–Crippen MR) is 91.8 cm³/mol. The first-order chi connectivity index (χ1) is 12.2.